The number of nitrogens with one attached hydrogen (secondary N) is 1. The van der Waals surface area contributed by atoms with Crippen LogP contribution >= 0.6 is 11.8 Å². The Kier molecular flexibility index (Phi) is 7.58. The second kappa shape index (κ2) is 10.3. The maximum atomic E-state index is 12.2. The number of rotatable bonds is 9. The molecule has 0 aliphatic heterocycles. The van der Waals surface area contributed by atoms with E-state index in [4.69, 9.17) is 9.47 Å². The highest BCUT2D eigenvalue weighted by atomic mass is 32.2. The maximum absolute atomic E-state index is 12.2. The summed E-state index contributed by atoms with van der Waals surface area (Å²) < 4.78 is 10.4. The van der Waals surface area contributed by atoms with Gasteiger partial charge in [-0.3, -0.25) is 9.59 Å². The van der Waals surface area contributed by atoms with Gasteiger partial charge in [-0.25, -0.2) is 0 Å². The van der Waals surface area contributed by atoms with Crippen LogP contribution in [-0.2, 0) is 33.6 Å². The van der Waals surface area contributed by atoms with Crippen LogP contribution < -0.4 is 10.1 Å². The van der Waals surface area contributed by atoms with E-state index >= 15 is 0 Å². The molecule has 1 atom stereocenters. The van der Waals surface area contributed by atoms with Crippen molar-refractivity contribution in [1.29, 1.82) is 0 Å². The molecule has 2 aromatic rings. The summed E-state index contributed by atoms with van der Waals surface area (Å²) >= 11 is 1.45. The van der Waals surface area contributed by atoms with Crippen molar-refractivity contribution in [2.45, 2.75) is 43.6 Å². The summed E-state index contributed by atoms with van der Waals surface area (Å²) in [5.41, 5.74) is 3.89. The molecule has 5 nitrogen and oxygen atoms in total. The van der Waals surface area contributed by atoms with Crippen molar-refractivity contribution in [3.8, 4) is 5.75 Å². The van der Waals surface area contributed by atoms with E-state index in [2.05, 4.69) is 23.5 Å². The summed E-state index contributed by atoms with van der Waals surface area (Å²) in [7, 11) is 1.63. The third-order valence-corrected chi connectivity index (χ3v) is 5.94. The number of carbonyl (C=O) groups excluding carboxylic acids is 2. The van der Waals surface area contributed by atoms with E-state index in [0.717, 1.165) is 29.1 Å². The van der Waals surface area contributed by atoms with Gasteiger partial charge in [-0.1, -0.05) is 18.2 Å². The Morgan fingerprint density at radius 1 is 1.10 bits per heavy atom. The first kappa shape index (κ1) is 21.2. The average molecular weight is 414 g/mol. The van der Waals surface area contributed by atoms with Crippen molar-refractivity contribution in [3.63, 3.8) is 0 Å². The first-order chi connectivity index (χ1) is 14.0. The first-order valence-corrected chi connectivity index (χ1v) is 10.9. The Morgan fingerprint density at radius 2 is 1.86 bits per heavy atom. The number of thioether (sulfide) groups is 1. The molecule has 0 heterocycles. The lowest BCUT2D eigenvalue weighted by molar-refractivity contribution is -0.152. The molecule has 6 heteroatoms. The van der Waals surface area contributed by atoms with E-state index in [0.29, 0.717) is 13.0 Å². The highest BCUT2D eigenvalue weighted by molar-refractivity contribution is 8.00. The van der Waals surface area contributed by atoms with Gasteiger partial charge in [0.25, 0.3) is 5.91 Å². The summed E-state index contributed by atoms with van der Waals surface area (Å²) in [5, 5.41) is 2.81. The van der Waals surface area contributed by atoms with Crippen molar-refractivity contribution < 1.29 is 19.1 Å². The molecule has 0 bridgehead atoms. The topological polar surface area (TPSA) is 64.6 Å². The van der Waals surface area contributed by atoms with Gasteiger partial charge in [0.2, 0.25) is 0 Å². The fraction of sp³-hybridized carbons (Fsp3) is 0.391. The van der Waals surface area contributed by atoms with Crippen LogP contribution in [0.4, 0.5) is 0 Å². The van der Waals surface area contributed by atoms with Gasteiger partial charge in [0.1, 0.15) is 5.75 Å². The van der Waals surface area contributed by atoms with E-state index in [1.165, 1.54) is 29.3 Å². The third-order valence-electron chi connectivity index (χ3n) is 4.98. The van der Waals surface area contributed by atoms with E-state index in [1.807, 2.05) is 24.3 Å². The van der Waals surface area contributed by atoms with Gasteiger partial charge in [-0.05, 0) is 73.6 Å². The molecule has 1 N–H and O–H groups in total. The van der Waals surface area contributed by atoms with E-state index in [-0.39, 0.29) is 17.6 Å². The molecule has 0 radical (unpaired) electrons. The molecular weight excluding hydrogens is 386 g/mol. The van der Waals surface area contributed by atoms with E-state index in [9.17, 15) is 9.59 Å². The third kappa shape index (κ3) is 6.26. The smallest absolute Gasteiger partial charge is 0.317 e. The van der Waals surface area contributed by atoms with E-state index in [1.54, 1.807) is 14.0 Å². The molecule has 1 amide bonds. The molecule has 0 unspecified atom stereocenters. The van der Waals surface area contributed by atoms with E-state index < -0.39 is 6.10 Å². The number of aryl methyl sites for hydroxylation is 2. The lowest BCUT2D eigenvalue weighted by Gasteiger charge is -2.13. The Bertz CT molecular complexity index is 850. The Hall–Kier alpha value is -2.47. The number of methoxy groups -OCH3 is 1. The SMILES string of the molecule is COc1ccc(CCNC(=O)[C@H](C)OC(=O)CSc2ccc3c(c2)CCC3)cc1. The molecule has 0 aromatic heterocycles. The minimum atomic E-state index is -0.806. The molecule has 0 saturated carbocycles. The van der Waals surface area contributed by atoms with Crippen LogP contribution in [0.15, 0.2) is 47.4 Å². The fourth-order valence-corrected chi connectivity index (χ4v) is 4.07. The lowest BCUT2D eigenvalue weighted by atomic mass is 10.1. The maximum Gasteiger partial charge on any atom is 0.317 e. The van der Waals surface area contributed by atoms with Crippen LogP contribution in [-0.4, -0.2) is 37.4 Å². The molecule has 29 heavy (non-hydrogen) atoms. The lowest BCUT2D eigenvalue weighted by Crippen LogP contribution is -2.37. The van der Waals surface area contributed by atoms with Crippen LogP contribution in [0.1, 0.15) is 30.0 Å². The van der Waals surface area contributed by atoms with Gasteiger partial charge in [0, 0.05) is 11.4 Å². The van der Waals surface area contributed by atoms with Gasteiger partial charge in [-0.15, -0.1) is 11.8 Å². The molecule has 1 aliphatic carbocycles. The van der Waals surface area contributed by atoms with Gasteiger partial charge in [0.15, 0.2) is 6.10 Å². The number of esters is 1. The predicted octanol–water partition coefficient (Wildman–Crippen LogP) is 3.57. The highest BCUT2D eigenvalue weighted by Gasteiger charge is 2.18. The minimum Gasteiger partial charge on any atom is -0.497 e. The van der Waals surface area contributed by atoms with Gasteiger partial charge in [0.05, 0.1) is 12.9 Å². The largest absolute Gasteiger partial charge is 0.497 e. The second-order valence-corrected chi connectivity index (χ2v) is 8.14. The second-order valence-electron chi connectivity index (χ2n) is 7.09. The number of hydrogen-bond donors (Lipinski definition) is 1. The number of ether oxygens (including phenoxy) is 2. The van der Waals surface area contributed by atoms with Crippen LogP contribution in [0, 0.1) is 0 Å². The molecule has 3 rings (SSSR count). The predicted molar refractivity (Wildman–Crippen MR) is 114 cm³/mol. The summed E-state index contributed by atoms with van der Waals surface area (Å²) in [6, 6.07) is 14.1. The average Bonchev–Trinajstić information content (AvgIpc) is 3.20. The quantitative estimate of drug-likeness (QED) is 0.503. The van der Waals surface area contributed by atoms with Crippen LogP contribution in [0.3, 0.4) is 0 Å². The number of amides is 1. The normalized spacial score (nSPS) is 13.4. The monoisotopic (exact) mass is 413 g/mol. The van der Waals surface area contributed by atoms with Crippen molar-refractivity contribution in [2.75, 3.05) is 19.4 Å². The summed E-state index contributed by atoms with van der Waals surface area (Å²) in [5.74, 6) is 0.334. The highest BCUT2D eigenvalue weighted by Crippen LogP contribution is 2.27. The van der Waals surface area contributed by atoms with Crippen molar-refractivity contribution in [2.24, 2.45) is 0 Å². The van der Waals surface area contributed by atoms with Crippen molar-refractivity contribution >= 4 is 23.6 Å². The zero-order valence-electron chi connectivity index (χ0n) is 16.9. The zero-order valence-corrected chi connectivity index (χ0v) is 17.7. The zero-order chi connectivity index (χ0) is 20.6. The number of fused-ring (bicyclic) bond motifs is 1. The van der Waals surface area contributed by atoms with Crippen LogP contribution in [0.5, 0.6) is 5.75 Å². The Balaban J connectivity index is 1.36. The number of hydrogen-bond acceptors (Lipinski definition) is 5. The molecule has 1 aliphatic rings. The van der Waals surface area contributed by atoms with Gasteiger partial charge >= 0.3 is 5.97 Å². The molecule has 0 fully saturated rings. The van der Waals surface area contributed by atoms with Gasteiger partial charge < -0.3 is 14.8 Å². The van der Waals surface area contributed by atoms with Gasteiger partial charge in [-0.2, -0.15) is 0 Å². The minimum absolute atomic E-state index is 0.197. The summed E-state index contributed by atoms with van der Waals surface area (Å²) in [6.45, 7) is 2.08. The number of carbonyl (C=O) groups is 2. The van der Waals surface area contributed by atoms with Crippen LogP contribution in [0.2, 0.25) is 0 Å². The summed E-state index contributed by atoms with van der Waals surface area (Å²) in [6.07, 6.45) is 3.36. The molecule has 0 spiro atoms. The molecule has 154 valence electrons. The Labute approximate surface area is 176 Å². The number of benzene rings is 2. The van der Waals surface area contributed by atoms with Crippen molar-refractivity contribution in [1.82, 2.24) is 5.32 Å². The van der Waals surface area contributed by atoms with Crippen molar-refractivity contribution in [3.05, 3.63) is 59.2 Å². The summed E-state index contributed by atoms with van der Waals surface area (Å²) in [4.78, 5) is 25.3. The molecular formula is C23H27NO4S. The first-order valence-electron chi connectivity index (χ1n) is 9.90. The standard InChI is InChI=1S/C23H27NO4S/c1-16(23(26)24-13-12-17-6-9-20(27-2)10-7-17)28-22(25)15-29-21-11-8-18-4-3-5-19(18)14-21/h6-11,14,16H,3-5,12-13,15H2,1-2H3,(H,24,26)/t16-/m0/s1. The molecule has 0 saturated heterocycles. The Morgan fingerprint density at radius 3 is 2.62 bits per heavy atom. The fourth-order valence-electron chi connectivity index (χ4n) is 3.33. The molecule has 2 aromatic carbocycles. The van der Waals surface area contributed by atoms with Crippen LogP contribution in [0.25, 0.3) is 0 Å².